The van der Waals surface area contributed by atoms with Gasteiger partial charge in [0.05, 0.1) is 11.0 Å². The van der Waals surface area contributed by atoms with Gasteiger partial charge in [-0.1, -0.05) is 39.9 Å². The predicted molar refractivity (Wildman–Crippen MR) is 67.5 cm³/mol. The van der Waals surface area contributed by atoms with Crippen molar-refractivity contribution in [2.45, 2.75) is 0 Å². The van der Waals surface area contributed by atoms with Crippen LogP contribution in [0.2, 0.25) is 0 Å². The third-order valence-electron chi connectivity index (χ3n) is 1.47. The van der Waals surface area contributed by atoms with Crippen LogP contribution in [0.5, 0.6) is 0 Å². The van der Waals surface area contributed by atoms with E-state index in [1.807, 2.05) is 24.3 Å². The standard InChI is InChI=1S/C10H9BrN2S/c11-7-3-5-8-4-1-2-6-9(8)13-10(12)14/h1-2,4,6H,7H2,(H3,12,13,14). The molecule has 0 heterocycles. The molecule has 1 aromatic carbocycles. The lowest BCUT2D eigenvalue weighted by molar-refractivity contribution is 1.57. The second kappa shape index (κ2) is 5.63. The van der Waals surface area contributed by atoms with Crippen molar-refractivity contribution in [3.8, 4) is 11.8 Å². The molecule has 14 heavy (non-hydrogen) atoms. The van der Waals surface area contributed by atoms with Crippen LogP contribution in [0, 0.1) is 11.8 Å². The first-order chi connectivity index (χ1) is 6.74. The van der Waals surface area contributed by atoms with Crippen LogP contribution in [0.15, 0.2) is 24.3 Å². The van der Waals surface area contributed by atoms with Crippen LogP contribution in [-0.4, -0.2) is 10.4 Å². The average molecular weight is 269 g/mol. The fourth-order valence-corrected chi connectivity index (χ4v) is 1.21. The minimum absolute atomic E-state index is 0.248. The van der Waals surface area contributed by atoms with Gasteiger partial charge in [0.25, 0.3) is 0 Å². The molecule has 1 rings (SSSR count). The number of halogens is 1. The Morgan fingerprint density at radius 1 is 1.50 bits per heavy atom. The zero-order valence-electron chi connectivity index (χ0n) is 7.38. The highest BCUT2D eigenvalue weighted by Gasteiger charge is 1.97. The summed E-state index contributed by atoms with van der Waals surface area (Å²) < 4.78 is 0. The molecule has 0 spiro atoms. The molecule has 0 amide bonds. The van der Waals surface area contributed by atoms with Crippen molar-refractivity contribution in [2.24, 2.45) is 5.73 Å². The van der Waals surface area contributed by atoms with Gasteiger partial charge in [0, 0.05) is 5.56 Å². The van der Waals surface area contributed by atoms with Crippen LogP contribution < -0.4 is 11.1 Å². The zero-order chi connectivity index (χ0) is 10.4. The summed E-state index contributed by atoms with van der Waals surface area (Å²) in [6, 6.07) is 7.62. The number of alkyl halides is 1. The Morgan fingerprint density at radius 2 is 2.21 bits per heavy atom. The van der Waals surface area contributed by atoms with Gasteiger partial charge in [-0.25, -0.2) is 0 Å². The van der Waals surface area contributed by atoms with E-state index in [9.17, 15) is 0 Å². The number of anilines is 1. The molecule has 0 saturated heterocycles. The maximum absolute atomic E-state index is 5.38. The molecule has 0 saturated carbocycles. The predicted octanol–water partition coefficient (Wildman–Crippen LogP) is 2.09. The minimum atomic E-state index is 0.248. The molecule has 0 aliphatic heterocycles. The summed E-state index contributed by atoms with van der Waals surface area (Å²) in [7, 11) is 0. The number of hydrogen-bond acceptors (Lipinski definition) is 1. The topological polar surface area (TPSA) is 38.0 Å². The van der Waals surface area contributed by atoms with Gasteiger partial charge in [-0.3, -0.25) is 0 Å². The summed E-state index contributed by atoms with van der Waals surface area (Å²) in [5, 5.41) is 3.77. The molecule has 4 heteroatoms. The lowest BCUT2D eigenvalue weighted by Gasteiger charge is -2.05. The van der Waals surface area contributed by atoms with E-state index in [2.05, 4.69) is 33.1 Å². The lowest BCUT2D eigenvalue weighted by atomic mass is 10.2. The Hall–Kier alpha value is -1.05. The normalized spacial score (nSPS) is 8.64. The van der Waals surface area contributed by atoms with Crippen LogP contribution in [0.25, 0.3) is 0 Å². The summed E-state index contributed by atoms with van der Waals surface area (Å²) in [5.41, 5.74) is 7.11. The van der Waals surface area contributed by atoms with E-state index in [4.69, 9.17) is 18.0 Å². The van der Waals surface area contributed by atoms with E-state index in [0.29, 0.717) is 5.33 Å². The number of nitrogens with one attached hydrogen (secondary N) is 1. The molecule has 0 radical (unpaired) electrons. The maximum atomic E-state index is 5.38. The van der Waals surface area contributed by atoms with E-state index < -0.39 is 0 Å². The van der Waals surface area contributed by atoms with Gasteiger partial charge in [0.15, 0.2) is 5.11 Å². The fourth-order valence-electron chi connectivity index (χ4n) is 0.962. The summed E-state index contributed by atoms with van der Waals surface area (Å²) in [6.45, 7) is 0. The monoisotopic (exact) mass is 268 g/mol. The van der Waals surface area contributed by atoms with Crippen molar-refractivity contribution in [3.05, 3.63) is 29.8 Å². The van der Waals surface area contributed by atoms with Crippen molar-refractivity contribution >= 4 is 38.9 Å². The number of benzene rings is 1. The molecule has 0 aromatic heterocycles. The SMILES string of the molecule is NC(=S)Nc1ccccc1C#CCBr. The van der Waals surface area contributed by atoms with Gasteiger partial charge in [0.2, 0.25) is 0 Å². The molecule has 0 aliphatic rings. The molecule has 3 N–H and O–H groups in total. The van der Waals surface area contributed by atoms with Gasteiger partial charge in [-0.15, -0.1) is 0 Å². The Morgan fingerprint density at radius 3 is 2.86 bits per heavy atom. The third kappa shape index (κ3) is 3.36. The zero-order valence-corrected chi connectivity index (χ0v) is 9.78. The number of thiocarbonyl (C=S) groups is 1. The smallest absolute Gasteiger partial charge is 0.168 e. The molecule has 72 valence electrons. The quantitative estimate of drug-likeness (QED) is 0.466. The Balaban J connectivity index is 2.96. The molecular weight excluding hydrogens is 260 g/mol. The van der Waals surface area contributed by atoms with Gasteiger partial charge in [-0.05, 0) is 24.4 Å². The number of para-hydroxylation sites is 1. The van der Waals surface area contributed by atoms with Crippen LogP contribution in [0.4, 0.5) is 5.69 Å². The highest BCUT2D eigenvalue weighted by Crippen LogP contribution is 2.12. The van der Waals surface area contributed by atoms with Crippen molar-refractivity contribution in [3.63, 3.8) is 0 Å². The molecule has 1 aromatic rings. The van der Waals surface area contributed by atoms with E-state index in [1.165, 1.54) is 0 Å². The van der Waals surface area contributed by atoms with Crippen LogP contribution in [0.3, 0.4) is 0 Å². The van der Waals surface area contributed by atoms with E-state index >= 15 is 0 Å². The highest BCUT2D eigenvalue weighted by molar-refractivity contribution is 9.09. The lowest BCUT2D eigenvalue weighted by Crippen LogP contribution is -2.19. The summed E-state index contributed by atoms with van der Waals surface area (Å²) in [6.07, 6.45) is 0. The van der Waals surface area contributed by atoms with Crippen molar-refractivity contribution in [1.82, 2.24) is 0 Å². The Kier molecular flexibility index (Phi) is 4.44. The Labute approximate surface area is 97.0 Å². The molecule has 0 aliphatic carbocycles. The summed E-state index contributed by atoms with van der Waals surface area (Å²) in [4.78, 5) is 0. The molecule has 0 bridgehead atoms. The first-order valence-corrected chi connectivity index (χ1v) is 5.47. The van der Waals surface area contributed by atoms with Crippen LogP contribution in [-0.2, 0) is 0 Å². The van der Waals surface area contributed by atoms with Gasteiger partial charge < -0.3 is 11.1 Å². The third-order valence-corrected chi connectivity index (χ3v) is 1.86. The largest absolute Gasteiger partial charge is 0.376 e. The van der Waals surface area contributed by atoms with Gasteiger partial charge in [0.1, 0.15) is 0 Å². The summed E-state index contributed by atoms with van der Waals surface area (Å²) >= 11 is 8.00. The van der Waals surface area contributed by atoms with E-state index in [1.54, 1.807) is 0 Å². The van der Waals surface area contributed by atoms with Crippen molar-refractivity contribution in [1.29, 1.82) is 0 Å². The van der Waals surface area contributed by atoms with Gasteiger partial charge >= 0.3 is 0 Å². The van der Waals surface area contributed by atoms with E-state index in [0.717, 1.165) is 11.3 Å². The second-order valence-corrected chi connectivity index (χ2v) is 3.47. The number of hydrogen-bond donors (Lipinski definition) is 2. The Bertz CT molecular complexity index is 393. The first kappa shape index (κ1) is 11.0. The molecule has 0 unspecified atom stereocenters. The van der Waals surface area contributed by atoms with Crippen LogP contribution >= 0.6 is 28.1 Å². The molecule has 0 atom stereocenters. The molecular formula is C10H9BrN2S. The van der Waals surface area contributed by atoms with Gasteiger partial charge in [-0.2, -0.15) is 0 Å². The van der Waals surface area contributed by atoms with Crippen molar-refractivity contribution < 1.29 is 0 Å². The maximum Gasteiger partial charge on any atom is 0.168 e. The number of nitrogens with two attached hydrogens (primary N) is 1. The highest BCUT2D eigenvalue weighted by atomic mass is 79.9. The number of rotatable bonds is 1. The van der Waals surface area contributed by atoms with Crippen LogP contribution in [0.1, 0.15) is 5.56 Å². The molecule has 2 nitrogen and oxygen atoms in total. The average Bonchev–Trinajstić information content (AvgIpc) is 2.16. The first-order valence-electron chi connectivity index (χ1n) is 3.94. The summed E-state index contributed by atoms with van der Waals surface area (Å²) in [5.74, 6) is 5.91. The minimum Gasteiger partial charge on any atom is -0.376 e. The second-order valence-electron chi connectivity index (χ2n) is 2.47. The fraction of sp³-hybridized carbons (Fsp3) is 0.100. The van der Waals surface area contributed by atoms with Crippen molar-refractivity contribution in [2.75, 3.05) is 10.6 Å². The van der Waals surface area contributed by atoms with E-state index in [-0.39, 0.29) is 5.11 Å². The molecule has 0 fully saturated rings.